The number of nitrogens with zero attached hydrogens (tertiary/aromatic N) is 1. The molecule has 0 radical (unpaired) electrons. The van der Waals surface area contributed by atoms with Crippen molar-refractivity contribution in [1.29, 1.82) is 0 Å². The Morgan fingerprint density at radius 3 is 2.82 bits per heavy atom. The number of carbonyl (C=O) groups excluding carboxylic acids is 2. The number of halogens is 1. The lowest BCUT2D eigenvalue weighted by Gasteiger charge is -2.11. The van der Waals surface area contributed by atoms with Gasteiger partial charge in [0.05, 0.1) is 6.04 Å². The number of aryl methyl sites for hydroxylation is 1. The Morgan fingerprint density at radius 2 is 2.29 bits per heavy atom. The summed E-state index contributed by atoms with van der Waals surface area (Å²) in [6.07, 6.45) is 1.87. The van der Waals surface area contributed by atoms with E-state index in [0.29, 0.717) is 0 Å². The fraction of sp³-hybridized carbons (Fsp3) is 0.500. The Morgan fingerprint density at radius 1 is 1.59 bits per heavy atom. The number of thiazole rings is 1. The minimum absolute atomic E-state index is 0.125. The molecule has 0 bridgehead atoms. The number of amides is 3. The molecule has 3 amide bonds. The van der Waals surface area contributed by atoms with E-state index < -0.39 is 6.03 Å². The van der Waals surface area contributed by atoms with Crippen LogP contribution in [0.25, 0.3) is 0 Å². The highest BCUT2D eigenvalue weighted by atomic mass is 35.5. The van der Waals surface area contributed by atoms with Crippen LogP contribution in [0.15, 0.2) is 6.20 Å². The highest BCUT2D eigenvalue weighted by Crippen LogP contribution is 2.18. The number of carbonyl (C=O) groups is 2. The van der Waals surface area contributed by atoms with Gasteiger partial charge in [-0.2, -0.15) is 0 Å². The summed E-state index contributed by atoms with van der Waals surface area (Å²) in [5.41, 5.74) is 0. The van der Waals surface area contributed by atoms with Gasteiger partial charge in [0.2, 0.25) is 5.91 Å². The predicted octanol–water partition coefficient (Wildman–Crippen LogP) is 1.97. The van der Waals surface area contributed by atoms with Crippen LogP contribution in [0.2, 0.25) is 0 Å². The first kappa shape index (κ1) is 13.9. The molecule has 1 atom stereocenters. The first-order valence-corrected chi connectivity index (χ1v) is 6.46. The Balaban J connectivity index is 2.43. The summed E-state index contributed by atoms with van der Waals surface area (Å²) in [6, 6.07) is -0.752. The van der Waals surface area contributed by atoms with Crippen LogP contribution in [-0.4, -0.2) is 22.8 Å². The van der Waals surface area contributed by atoms with Crippen molar-refractivity contribution < 1.29 is 9.59 Å². The maximum atomic E-state index is 11.4. The highest BCUT2D eigenvalue weighted by Gasteiger charge is 2.14. The molecular formula is C10H14ClN3O2S. The van der Waals surface area contributed by atoms with Crippen molar-refractivity contribution in [2.24, 2.45) is 0 Å². The van der Waals surface area contributed by atoms with Crippen LogP contribution < -0.4 is 10.6 Å². The average molecular weight is 276 g/mol. The molecule has 0 fully saturated rings. The zero-order valence-electron chi connectivity index (χ0n) is 9.62. The maximum absolute atomic E-state index is 11.4. The molecule has 0 spiro atoms. The van der Waals surface area contributed by atoms with E-state index in [1.807, 2.05) is 13.8 Å². The fourth-order valence-electron chi connectivity index (χ4n) is 1.14. The summed E-state index contributed by atoms with van der Waals surface area (Å²) in [7, 11) is 0. The van der Waals surface area contributed by atoms with Crippen LogP contribution in [0.3, 0.4) is 0 Å². The van der Waals surface area contributed by atoms with Crippen molar-refractivity contribution in [3.8, 4) is 0 Å². The van der Waals surface area contributed by atoms with Crippen molar-refractivity contribution in [3.05, 3.63) is 16.1 Å². The van der Waals surface area contributed by atoms with Crippen LogP contribution in [0.4, 0.5) is 4.79 Å². The van der Waals surface area contributed by atoms with E-state index in [1.54, 1.807) is 6.20 Å². The predicted molar refractivity (Wildman–Crippen MR) is 67.3 cm³/mol. The summed E-state index contributed by atoms with van der Waals surface area (Å²) < 4.78 is 0. The van der Waals surface area contributed by atoms with Gasteiger partial charge in [-0.1, -0.05) is 0 Å². The molecular weight excluding hydrogens is 262 g/mol. The van der Waals surface area contributed by atoms with Crippen LogP contribution >= 0.6 is 22.9 Å². The largest absolute Gasteiger partial charge is 0.329 e. The van der Waals surface area contributed by atoms with Crippen LogP contribution in [-0.2, 0) is 4.79 Å². The molecule has 1 unspecified atom stereocenters. The summed E-state index contributed by atoms with van der Waals surface area (Å²) in [5.74, 6) is -0.194. The molecule has 0 saturated carbocycles. The number of aromatic nitrogens is 1. The van der Waals surface area contributed by atoms with E-state index in [0.717, 1.165) is 9.88 Å². The van der Waals surface area contributed by atoms with Crippen molar-refractivity contribution in [2.75, 3.05) is 5.88 Å². The van der Waals surface area contributed by atoms with Gasteiger partial charge in [0.1, 0.15) is 5.01 Å². The number of nitrogens with one attached hydrogen (secondary N) is 2. The third-order valence-electron chi connectivity index (χ3n) is 1.93. The van der Waals surface area contributed by atoms with E-state index in [1.165, 1.54) is 11.3 Å². The third-order valence-corrected chi connectivity index (χ3v) is 3.22. The monoisotopic (exact) mass is 275 g/mol. The van der Waals surface area contributed by atoms with E-state index in [-0.39, 0.29) is 24.2 Å². The average Bonchev–Trinajstić information content (AvgIpc) is 2.64. The molecule has 0 saturated heterocycles. The summed E-state index contributed by atoms with van der Waals surface area (Å²) >= 11 is 6.89. The first-order valence-electron chi connectivity index (χ1n) is 5.11. The number of urea groups is 1. The van der Waals surface area contributed by atoms with Crippen LogP contribution in [0.5, 0.6) is 0 Å². The molecule has 2 N–H and O–H groups in total. The molecule has 0 aliphatic heterocycles. The van der Waals surface area contributed by atoms with Crippen molar-refractivity contribution in [3.63, 3.8) is 0 Å². The fourth-order valence-corrected chi connectivity index (χ4v) is 2.09. The van der Waals surface area contributed by atoms with Crippen molar-refractivity contribution in [1.82, 2.24) is 15.6 Å². The lowest BCUT2D eigenvalue weighted by Crippen LogP contribution is -2.40. The summed E-state index contributed by atoms with van der Waals surface area (Å²) in [4.78, 5) is 27.7. The van der Waals surface area contributed by atoms with E-state index in [9.17, 15) is 9.59 Å². The normalized spacial score (nSPS) is 11.9. The highest BCUT2D eigenvalue weighted by molar-refractivity contribution is 7.11. The molecule has 1 rings (SSSR count). The van der Waals surface area contributed by atoms with E-state index in [2.05, 4.69) is 15.6 Å². The van der Waals surface area contributed by atoms with Crippen LogP contribution in [0.1, 0.15) is 29.3 Å². The zero-order valence-corrected chi connectivity index (χ0v) is 11.2. The lowest BCUT2D eigenvalue weighted by molar-refractivity contribution is -0.119. The molecule has 5 nitrogen and oxygen atoms in total. The number of hydrogen-bond acceptors (Lipinski definition) is 4. The molecule has 1 aromatic rings. The number of imide groups is 1. The SMILES string of the molecule is Cc1cnc(C(C)NC(=O)NC(=O)CCCl)s1. The smallest absolute Gasteiger partial charge is 0.321 e. The minimum Gasteiger partial charge on any atom is -0.329 e. The van der Waals surface area contributed by atoms with E-state index >= 15 is 0 Å². The van der Waals surface area contributed by atoms with Gasteiger partial charge >= 0.3 is 6.03 Å². The Hall–Kier alpha value is -1.14. The van der Waals surface area contributed by atoms with E-state index in [4.69, 9.17) is 11.6 Å². The number of hydrogen-bond donors (Lipinski definition) is 2. The lowest BCUT2D eigenvalue weighted by atomic mass is 10.3. The molecule has 94 valence electrons. The van der Waals surface area contributed by atoms with Crippen molar-refractivity contribution >= 4 is 34.9 Å². The number of alkyl halides is 1. The van der Waals surface area contributed by atoms with Gasteiger partial charge in [0.15, 0.2) is 0 Å². The quantitative estimate of drug-likeness (QED) is 0.825. The van der Waals surface area contributed by atoms with Gasteiger partial charge in [-0.3, -0.25) is 10.1 Å². The zero-order chi connectivity index (χ0) is 12.8. The van der Waals surface area contributed by atoms with Gasteiger partial charge in [-0.15, -0.1) is 22.9 Å². The van der Waals surface area contributed by atoms with Gasteiger partial charge in [0, 0.05) is 23.4 Å². The topological polar surface area (TPSA) is 71.1 Å². The van der Waals surface area contributed by atoms with Crippen LogP contribution in [0, 0.1) is 6.92 Å². The second-order valence-corrected chi connectivity index (χ2v) is 5.14. The molecule has 1 heterocycles. The molecule has 17 heavy (non-hydrogen) atoms. The number of rotatable bonds is 4. The molecule has 0 aromatic carbocycles. The van der Waals surface area contributed by atoms with Gasteiger partial charge < -0.3 is 5.32 Å². The summed E-state index contributed by atoms with van der Waals surface area (Å²) in [5, 5.41) is 5.63. The Labute approximate surface area is 109 Å². The first-order chi connectivity index (χ1) is 8.02. The second kappa shape index (κ2) is 6.56. The molecule has 1 aromatic heterocycles. The van der Waals surface area contributed by atoms with Gasteiger partial charge in [-0.05, 0) is 13.8 Å². The Kier molecular flexibility index (Phi) is 5.37. The molecule has 0 aliphatic carbocycles. The minimum atomic E-state index is -0.527. The maximum Gasteiger partial charge on any atom is 0.321 e. The third kappa shape index (κ3) is 4.70. The summed E-state index contributed by atoms with van der Waals surface area (Å²) in [6.45, 7) is 3.75. The van der Waals surface area contributed by atoms with Crippen molar-refractivity contribution in [2.45, 2.75) is 26.3 Å². The van der Waals surface area contributed by atoms with Gasteiger partial charge in [0.25, 0.3) is 0 Å². The standard InChI is InChI=1S/C10H14ClN3O2S/c1-6-5-12-9(17-6)7(2)13-10(16)14-8(15)3-4-11/h5,7H,3-4H2,1-2H3,(H2,13,14,15,16). The Bertz CT molecular complexity index is 408. The van der Waals surface area contributed by atoms with Gasteiger partial charge in [-0.25, -0.2) is 9.78 Å². The molecule has 0 aliphatic rings. The second-order valence-electron chi connectivity index (χ2n) is 3.49. The molecule has 7 heteroatoms.